The van der Waals surface area contributed by atoms with Gasteiger partial charge in [0.1, 0.15) is 17.1 Å². The fourth-order valence-corrected chi connectivity index (χ4v) is 3.37. The van der Waals surface area contributed by atoms with Crippen molar-refractivity contribution >= 4 is 28.2 Å². The minimum absolute atomic E-state index is 0.0778. The monoisotopic (exact) mass is 378 g/mol. The number of nitrogens with zero attached hydrogens (tertiary/aromatic N) is 1. The van der Waals surface area contributed by atoms with Gasteiger partial charge in [-0.3, -0.25) is 4.79 Å². The molecule has 0 spiro atoms. The molecule has 4 rings (SSSR count). The summed E-state index contributed by atoms with van der Waals surface area (Å²) in [5.41, 5.74) is 2.62. The highest BCUT2D eigenvalue weighted by molar-refractivity contribution is 7.14. The maximum absolute atomic E-state index is 12.5. The molecule has 2 aromatic carbocycles. The number of phenolic OH excluding ortho intramolecular Hbond substituents is 1. The third kappa shape index (κ3) is 3.20. The van der Waals surface area contributed by atoms with Crippen LogP contribution in [0.15, 0.2) is 59.6 Å². The van der Waals surface area contributed by atoms with Crippen LogP contribution < -0.4 is 10.1 Å². The Morgan fingerprint density at radius 1 is 1.19 bits per heavy atom. The average Bonchev–Trinajstić information content (AvgIpc) is 3.13. The number of para-hydroxylation sites is 1. The van der Waals surface area contributed by atoms with Crippen LogP contribution in [0.3, 0.4) is 0 Å². The van der Waals surface area contributed by atoms with Crippen LogP contribution in [-0.2, 0) is 4.79 Å². The van der Waals surface area contributed by atoms with Crippen molar-refractivity contribution in [3.8, 4) is 22.8 Å². The quantitative estimate of drug-likeness (QED) is 0.311. The molecular formula is C20H14N2O4S. The number of nitrogens with one attached hydrogen (secondary N) is 1. The number of Topliss-reactive ketones (excluding diaryl/α,β-unsaturated/α-hetero) is 1. The molecule has 2 N–H and O–H groups in total. The lowest BCUT2D eigenvalue weighted by molar-refractivity contribution is -0.130. The largest absolute Gasteiger partial charge is 0.508 e. The zero-order valence-electron chi connectivity index (χ0n) is 14.2. The molecule has 1 aliphatic heterocycles. The SMILES string of the molecule is Cc1cc(-c2csc(N/C=C3\C(=O)Oc4ccccc4C3=O)n2)ccc1O. The first kappa shape index (κ1) is 17.0. The number of aromatic nitrogens is 1. The van der Waals surface area contributed by atoms with E-state index in [1.807, 2.05) is 18.4 Å². The molecule has 3 aromatic rings. The molecule has 1 aromatic heterocycles. The number of esters is 1. The van der Waals surface area contributed by atoms with Crippen molar-refractivity contribution in [1.29, 1.82) is 0 Å². The van der Waals surface area contributed by atoms with Crippen molar-refractivity contribution in [2.24, 2.45) is 0 Å². The summed E-state index contributed by atoms with van der Waals surface area (Å²) in [6.07, 6.45) is 1.32. The lowest BCUT2D eigenvalue weighted by Gasteiger charge is -2.16. The summed E-state index contributed by atoms with van der Waals surface area (Å²) < 4.78 is 5.19. The molecule has 0 fully saturated rings. The minimum atomic E-state index is -0.697. The standard InChI is InChI=1S/C20H14N2O4S/c1-11-8-12(6-7-16(11)23)15-10-27-20(22-15)21-9-14-18(24)13-4-2-3-5-17(13)26-19(14)25/h2-10,23H,1H3,(H,21,22)/b14-9-. The van der Waals surface area contributed by atoms with Crippen molar-refractivity contribution in [3.05, 3.63) is 70.7 Å². The second kappa shape index (κ2) is 6.69. The lowest BCUT2D eigenvalue weighted by atomic mass is 10.0. The second-order valence-electron chi connectivity index (χ2n) is 5.96. The molecule has 0 aliphatic carbocycles. The lowest BCUT2D eigenvalue weighted by Crippen LogP contribution is -2.25. The van der Waals surface area contributed by atoms with Crippen LogP contribution in [0.4, 0.5) is 5.13 Å². The zero-order valence-corrected chi connectivity index (χ0v) is 15.0. The Hall–Kier alpha value is -3.45. The Bertz CT molecular complexity index is 1100. The predicted molar refractivity (Wildman–Crippen MR) is 102 cm³/mol. The molecule has 0 saturated heterocycles. The number of carbonyl (C=O) groups excluding carboxylic acids is 2. The van der Waals surface area contributed by atoms with E-state index in [-0.39, 0.29) is 22.9 Å². The first-order valence-corrected chi connectivity index (χ1v) is 8.99. The van der Waals surface area contributed by atoms with Crippen LogP contribution in [0.5, 0.6) is 11.5 Å². The zero-order chi connectivity index (χ0) is 19.0. The first-order valence-electron chi connectivity index (χ1n) is 8.11. The van der Waals surface area contributed by atoms with E-state index in [0.29, 0.717) is 10.7 Å². The van der Waals surface area contributed by atoms with Gasteiger partial charge in [-0.15, -0.1) is 11.3 Å². The third-order valence-corrected chi connectivity index (χ3v) is 4.91. The topological polar surface area (TPSA) is 88.5 Å². The summed E-state index contributed by atoms with van der Waals surface area (Å²) in [5.74, 6) is -0.590. The smallest absolute Gasteiger partial charge is 0.349 e. The van der Waals surface area contributed by atoms with Crippen LogP contribution in [-0.4, -0.2) is 21.8 Å². The van der Waals surface area contributed by atoms with Crippen molar-refractivity contribution < 1.29 is 19.4 Å². The number of phenols is 1. The van der Waals surface area contributed by atoms with E-state index in [1.165, 1.54) is 17.5 Å². The number of hydrogen-bond acceptors (Lipinski definition) is 7. The molecular weight excluding hydrogens is 364 g/mol. The highest BCUT2D eigenvalue weighted by Gasteiger charge is 2.30. The number of aryl methyl sites for hydroxylation is 1. The molecule has 0 bridgehead atoms. The molecule has 0 saturated carbocycles. The van der Waals surface area contributed by atoms with Gasteiger partial charge in [0.05, 0.1) is 11.3 Å². The van der Waals surface area contributed by atoms with Gasteiger partial charge in [-0.05, 0) is 42.8 Å². The molecule has 1 aliphatic rings. The Morgan fingerprint density at radius 3 is 2.81 bits per heavy atom. The summed E-state index contributed by atoms with van der Waals surface area (Å²) in [7, 11) is 0. The molecule has 134 valence electrons. The van der Waals surface area contributed by atoms with Gasteiger partial charge in [0, 0.05) is 17.1 Å². The number of thiazole rings is 1. The Morgan fingerprint density at radius 2 is 2.00 bits per heavy atom. The molecule has 2 heterocycles. The predicted octanol–water partition coefficient (Wildman–Crippen LogP) is 3.92. The number of rotatable bonds is 3. The number of hydrogen-bond donors (Lipinski definition) is 2. The number of fused-ring (bicyclic) bond motifs is 1. The summed E-state index contributed by atoms with van der Waals surface area (Å²) in [4.78, 5) is 29.0. The van der Waals surface area contributed by atoms with Crippen LogP contribution >= 0.6 is 11.3 Å². The van der Waals surface area contributed by atoms with E-state index in [1.54, 1.807) is 36.4 Å². The van der Waals surface area contributed by atoms with Crippen molar-refractivity contribution in [3.63, 3.8) is 0 Å². The average molecular weight is 378 g/mol. The Balaban J connectivity index is 1.57. The Labute approximate surface area is 158 Å². The molecule has 0 unspecified atom stereocenters. The Kier molecular flexibility index (Phi) is 4.21. The van der Waals surface area contributed by atoms with Crippen LogP contribution in [0.1, 0.15) is 15.9 Å². The molecule has 6 nitrogen and oxygen atoms in total. The fourth-order valence-electron chi connectivity index (χ4n) is 2.68. The van der Waals surface area contributed by atoms with Crippen LogP contribution in [0, 0.1) is 6.92 Å². The van der Waals surface area contributed by atoms with Crippen molar-refractivity contribution in [1.82, 2.24) is 4.98 Å². The highest BCUT2D eigenvalue weighted by Crippen LogP contribution is 2.30. The van der Waals surface area contributed by atoms with E-state index in [2.05, 4.69) is 10.3 Å². The highest BCUT2D eigenvalue weighted by atomic mass is 32.1. The molecule has 7 heteroatoms. The molecule has 27 heavy (non-hydrogen) atoms. The fraction of sp³-hybridized carbons (Fsp3) is 0.0500. The van der Waals surface area contributed by atoms with E-state index in [0.717, 1.165) is 16.8 Å². The van der Waals surface area contributed by atoms with Gasteiger partial charge in [-0.2, -0.15) is 0 Å². The molecule has 0 radical (unpaired) electrons. The van der Waals surface area contributed by atoms with Gasteiger partial charge >= 0.3 is 5.97 Å². The number of ether oxygens (including phenoxy) is 1. The summed E-state index contributed by atoms with van der Waals surface area (Å²) >= 11 is 1.34. The van der Waals surface area contributed by atoms with E-state index in [9.17, 15) is 14.7 Å². The summed E-state index contributed by atoms with van der Waals surface area (Å²) in [5, 5.41) is 14.9. The maximum Gasteiger partial charge on any atom is 0.349 e. The van der Waals surface area contributed by atoms with Gasteiger partial charge in [0.25, 0.3) is 0 Å². The van der Waals surface area contributed by atoms with Crippen LogP contribution in [0.2, 0.25) is 0 Å². The van der Waals surface area contributed by atoms with Gasteiger partial charge in [0.2, 0.25) is 5.78 Å². The summed E-state index contributed by atoms with van der Waals surface area (Å²) in [6.45, 7) is 1.81. The molecule has 0 atom stereocenters. The molecule has 0 amide bonds. The number of carbonyl (C=O) groups is 2. The maximum atomic E-state index is 12.5. The van der Waals surface area contributed by atoms with Gasteiger partial charge in [-0.1, -0.05) is 12.1 Å². The number of aromatic hydroxyl groups is 1. The van der Waals surface area contributed by atoms with Gasteiger partial charge in [-0.25, -0.2) is 9.78 Å². The number of benzene rings is 2. The normalized spacial score (nSPS) is 14.8. The van der Waals surface area contributed by atoms with Crippen LogP contribution in [0.25, 0.3) is 11.3 Å². The second-order valence-corrected chi connectivity index (χ2v) is 6.81. The van der Waals surface area contributed by atoms with E-state index < -0.39 is 5.97 Å². The van der Waals surface area contributed by atoms with Gasteiger partial charge in [0.15, 0.2) is 5.13 Å². The number of anilines is 1. The van der Waals surface area contributed by atoms with Crippen molar-refractivity contribution in [2.75, 3.05) is 5.32 Å². The van der Waals surface area contributed by atoms with E-state index in [4.69, 9.17) is 4.74 Å². The summed E-state index contributed by atoms with van der Waals surface area (Å²) in [6, 6.07) is 11.9. The minimum Gasteiger partial charge on any atom is -0.508 e. The third-order valence-electron chi connectivity index (χ3n) is 4.14. The van der Waals surface area contributed by atoms with E-state index >= 15 is 0 Å². The van der Waals surface area contributed by atoms with Gasteiger partial charge < -0.3 is 15.2 Å². The van der Waals surface area contributed by atoms with Crippen molar-refractivity contribution in [2.45, 2.75) is 6.92 Å². The first-order chi connectivity index (χ1) is 13.0. The number of ketones is 1.